The number of thiophene rings is 1. The summed E-state index contributed by atoms with van der Waals surface area (Å²) in [6.07, 6.45) is 6.42. The summed E-state index contributed by atoms with van der Waals surface area (Å²) >= 11 is 1.75. The van der Waals surface area contributed by atoms with Crippen LogP contribution in [0.3, 0.4) is 0 Å². The molecule has 0 aliphatic rings. The van der Waals surface area contributed by atoms with Gasteiger partial charge in [-0.2, -0.15) is 0 Å². The van der Waals surface area contributed by atoms with Crippen LogP contribution < -0.4 is 0 Å². The number of carbonyl (C=O) groups excluding carboxylic acids is 1. The fraction of sp³-hybridized carbons (Fsp3) is 0.390. The number of ketones is 1. The van der Waals surface area contributed by atoms with E-state index in [0.717, 1.165) is 53.6 Å². The van der Waals surface area contributed by atoms with Crippen molar-refractivity contribution in [2.75, 3.05) is 0 Å². The Labute approximate surface area is 299 Å². The quantitative estimate of drug-likeness (QED) is 0.0913. The second kappa shape index (κ2) is 15.8. The molecule has 3 aromatic carbocycles. The van der Waals surface area contributed by atoms with Crippen molar-refractivity contribution in [3.05, 3.63) is 95.8 Å². The molecule has 0 saturated heterocycles. The zero-order chi connectivity index (χ0) is 33.7. The van der Waals surface area contributed by atoms with Gasteiger partial charge in [0.15, 0.2) is 5.78 Å². The van der Waals surface area contributed by atoms with Crippen molar-refractivity contribution in [3.63, 3.8) is 0 Å². The monoisotopic (exact) mass is 826 g/mol. The summed E-state index contributed by atoms with van der Waals surface area (Å²) < 4.78 is 1.27. The smallest absolute Gasteiger partial charge is 0.164 e. The van der Waals surface area contributed by atoms with Gasteiger partial charge in [-0.3, -0.25) is 9.78 Å². The van der Waals surface area contributed by atoms with Crippen LogP contribution in [0.5, 0.6) is 0 Å². The molecule has 0 spiro atoms. The molecule has 5 rings (SSSR count). The first-order chi connectivity index (χ1) is 21.8. The van der Waals surface area contributed by atoms with Crippen molar-refractivity contribution < 1.29 is 30.0 Å². The van der Waals surface area contributed by atoms with Gasteiger partial charge < -0.3 is 5.11 Å². The number of nitrogens with zero attached hydrogens (tertiary/aromatic N) is 2. The second-order valence-corrected chi connectivity index (χ2v) is 14.7. The fourth-order valence-electron chi connectivity index (χ4n) is 5.54. The number of hydrogen-bond donors (Lipinski definition) is 1. The summed E-state index contributed by atoms with van der Waals surface area (Å²) in [5.74, 6) is 0.286. The number of allylic oxidation sites excluding steroid dienone is 2. The summed E-state index contributed by atoms with van der Waals surface area (Å²) in [5.41, 5.74) is 4.73. The van der Waals surface area contributed by atoms with Crippen LogP contribution in [0.15, 0.2) is 84.2 Å². The number of fused-ring (bicyclic) bond motifs is 2. The summed E-state index contributed by atoms with van der Waals surface area (Å²) in [5, 5.41) is 15.9. The van der Waals surface area contributed by atoms with Gasteiger partial charge >= 0.3 is 0 Å². The van der Waals surface area contributed by atoms with E-state index in [0.29, 0.717) is 0 Å². The van der Waals surface area contributed by atoms with Gasteiger partial charge in [0, 0.05) is 58.4 Å². The van der Waals surface area contributed by atoms with Gasteiger partial charge in [0.2, 0.25) is 0 Å². The van der Waals surface area contributed by atoms with Crippen LogP contribution in [0.2, 0.25) is 0 Å². The number of hydrogen-bond acceptors (Lipinski definition) is 5. The molecular formula is C41H49IrN2O2S-. The number of aliphatic hydroxyl groups excluding tert-OH is 1. The molecule has 251 valence electrons. The minimum absolute atomic E-state index is 0. The maximum Gasteiger partial charge on any atom is 0.164 e. The van der Waals surface area contributed by atoms with E-state index in [-0.39, 0.29) is 47.9 Å². The normalized spacial score (nSPS) is 12.4. The first-order valence-corrected chi connectivity index (χ1v) is 17.4. The molecular weight excluding hydrogens is 777 g/mol. The van der Waals surface area contributed by atoms with E-state index in [1.165, 1.54) is 27.1 Å². The summed E-state index contributed by atoms with van der Waals surface area (Å²) in [4.78, 5) is 21.4. The average molecular weight is 826 g/mol. The molecule has 6 heteroatoms. The Bertz CT molecular complexity index is 1840. The van der Waals surface area contributed by atoms with Crippen molar-refractivity contribution in [2.24, 2.45) is 10.8 Å². The van der Waals surface area contributed by atoms with Gasteiger partial charge in [0.25, 0.3) is 0 Å². The van der Waals surface area contributed by atoms with Gasteiger partial charge in [-0.05, 0) is 54.7 Å². The van der Waals surface area contributed by atoms with Crippen molar-refractivity contribution >= 4 is 38.0 Å². The number of aromatic nitrogens is 2. The van der Waals surface area contributed by atoms with E-state index >= 15 is 0 Å². The van der Waals surface area contributed by atoms with E-state index in [9.17, 15) is 9.90 Å². The molecule has 4 nitrogen and oxygen atoms in total. The molecule has 0 aliphatic heterocycles. The number of benzene rings is 3. The van der Waals surface area contributed by atoms with Crippen molar-refractivity contribution in [1.82, 2.24) is 9.97 Å². The Balaban J connectivity index is 0.000000290. The number of rotatable bonds is 9. The molecule has 0 bridgehead atoms. The minimum atomic E-state index is -0.337. The largest absolute Gasteiger partial charge is 0.512 e. The third-order valence-electron chi connectivity index (χ3n) is 9.90. The van der Waals surface area contributed by atoms with Crippen LogP contribution in [-0.4, -0.2) is 20.9 Å². The van der Waals surface area contributed by atoms with E-state index in [1.807, 2.05) is 41.5 Å². The average Bonchev–Trinajstić information content (AvgIpc) is 3.56. The second-order valence-electron chi connectivity index (χ2n) is 13.7. The molecule has 0 saturated carbocycles. The molecule has 1 radical (unpaired) electrons. The zero-order valence-corrected chi connectivity index (χ0v) is 32.5. The summed E-state index contributed by atoms with van der Waals surface area (Å²) in [6, 6.07) is 24.9. The fourth-order valence-corrected chi connectivity index (χ4v) is 6.35. The Morgan fingerprint density at radius 2 is 1.45 bits per heavy atom. The van der Waals surface area contributed by atoms with Crippen molar-refractivity contribution in [1.29, 1.82) is 0 Å². The molecule has 0 fully saturated rings. The molecule has 2 heterocycles. The van der Waals surface area contributed by atoms with Crippen molar-refractivity contribution in [3.8, 4) is 22.5 Å². The Hall–Kier alpha value is -3.18. The Kier molecular flexibility index (Phi) is 12.9. The molecule has 0 aliphatic carbocycles. The molecule has 47 heavy (non-hydrogen) atoms. The molecule has 0 amide bonds. The first kappa shape index (κ1) is 38.3. The maximum atomic E-state index is 12.2. The number of aliphatic hydroxyl groups is 1. The van der Waals surface area contributed by atoms with Crippen LogP contribution in [-0.2, 0) is 30.3 Å². The van der Waals surface area contributed by atoms with E-state index in [4.69, 9.17) is 0 Å². The van der Waals surface area contributed by atoms with Gasteiger partial charge in [0.05, 0.1) is 5.69 Å². The molecule has 0 atom stereocenters. The van der Waals surface area contributed by atoms with E-state index in [1.54, 1.807) is 17.7 Å². The van der Waals surface area contributed by atoms with Crippen LogP contribution in [0.25, 0.3) is 43.4 Å². The third-order valence-corrected chi connectivity index (χ3v) is 10.8. The van der Waals surface area contributed by atoms with Crippen molar-refractivity contribution in [2.45, 2.75) is 93.4 Å². The third kappa shape index (κ3) is 8.46. The Morgan fingerprint density at radius 3 is 2.09 bits per heavy atom. The topological polar surface area (TPSA) is 63.1 Å². The SMILES string of the molecule is CC(C)(C)c1cc(-c2cc(-c3cccc4sccc34)ncn2)[c-]c2ccccc12.CCC(C)(CC)C(=O)/C=C(\O)C(C)(CC)CC.[Ir]. The van der Waals surface area contributed by atoms with Gasteiger partial charge in [0.1, 0.15) is 12.1 Å². The standard InChI is InChI=1S/C26H21N2S.C15H28O2.Ir/c1-26(2,3)22-14-18(13-17-7-4-5-8-19(17)22)23-15-24(28-16-27-23)20-9-6-10-25-21(20)11-12-29-25;1-7-14(5,8-2)12(16)11-13(17)15(6,9-3)10-4;/h4-12,14-16H,1-3H3;11,16H,7-10H2,1-6H3;/q-1;;/b;12-11-;. The maximum absolute atomic E-state index is 12.2. The van der Waals surface area contributed by atoms with Gasteiger partial charge in [-0.25, -0.2) is 4.98 Å². The van der Waals surface area contributed by atoms with Crippen LogP contribution in [0, 0.1) is 16.9 Å². The number of carbonyl (C=O) groups is 1. The summed E-state index contributed by atoms with van der Waals surface area (Å²) in [6.45, 7) is 18.8. The van der Waals surface area contributed by atoms with Crippen LogP contribution >= 0.6 is 11.3 Å². The predicted octanol–water partition coefficient (Wildman–Crippen LogP) is 11.9. The molecule has 0 unspecified atom stereocenters. The van der Waals surface area contributed by atoms with Gasteiger partial charge in [-0.15, -0.1) is 40.5 Å². The van der Waals surface area contributed by atoms with Gasteiger partial charge in [-0.1, -0.05) is 104 Å². The molecule has 2 aromatic heterocycles. The summed E-state index contributed by atoms with van der Waals surface area (Å²) in [7, 11) is 0. The van der Waals surface area contributed by atoms with Crippen LogP contribution in [0.4, 0.5) is 0 Å². The molecule has 5 aromatic rings. The minimum Gasteiger partial charge on any atom is -0.512 e. The predicted molar refractivity (Wildman–Crippen MR) is 196 cm³/mol. The molecule has 1 N–H and O–H groups in total. The van der Waals surface area contributed by atoms with E-state index in [2.05, 4.69) is 103 Å². The zero-order valence-electron chi connectivity index (χ0n) is 29.3. The van der Waals surface area contributed by atoms with Crippen LogP contribution in [0.1, 0.15) is 93.6 Å². The van der Waals surface area contributed by atoms with E-state index < -0.39 is 0 Å². The Morgan fingerprint density at radius 1 is 0.809 bits per heavy atom. The first-order valence-electron chi connectivity index (χ1n) is 16.5.